The normalized spacial score (nSPS) is 12.5. The van der Waals surface area contributed by atoms with Crippen molar-refractivity contribution in [2.75, 3.05) is 5.73 Å². The molecule has 0 spiro atoms. The number of ether oxygens (including phenoxy) is 1. The minimum atomic E-state index is -0.429. The predicted molar refractivity (Wildman–Crippen MR) is 97.1 cm³/mol. The molecule has 0 radical (unpaired) electrons. The van der Waals surface area contributed by atoms with E-state index in [4.69, 9.17) is 10.5 Å². The Bertz CT molecular complexity index is 1090. The quantitative estimate of drug-likeness (QED) is 0.425. The van der Waals surface area contributed by atoms with Crippen LogP contribution < -0.4 is 10.5 Å². The van der Waals surface area contributed by atoms with E-state index in [0.29, 0.717) is 5.75 Å². The summed E-state index contributed by atoms with van der Waals surface area (Å²) in [7, 11) is 0. The number of ketones is 2. The number of carbonyl (C=O) groups excluding carboxylic acids is 2. The number of phenols is 1. The van der Waals surface area contributed by atoms with Gasteiger partial charge in [0.2, 0.25) is 0 Å². The molecule has 26 heavy (non-hydrogen) atoms. The third-order valence-corrected chi connectivity index (χ3v) is 4.49. The number of nitrogens with two attached hydrogens (primary N) is 1. The van der Waals surface area contributed by atoms with Crippen LogP contribution >= 0.6 is 0 Å². The summed E-state index contributed by atoms with van der Waals surface area (Å²) in [6.07, 6.45) is 0. The van der Waals surface area contributed by atoms with Gasteiger partial charge in [0.1, 0.15) is 11.5 Å². The van der Waals surface area contributed by atoms with Crippen LogP contribution in [0.3, 0.4) is 0 Å². The van der Waals surface area contributed by atoms with Gasteiger partial charge in [0.15, 0.2) is 17.3 Å². The summed E-state index contributed by atoms with van der Waals surface area (Å²) in [5, 5.41) is 10.4. The average Bonchev–Trinajstić information content (AvgIpc) is 2.64. The van der Waals surface area contributed by atoms with Crippen molar-refractivity contribution in [1.29, 1.82) is 0 Å². The lowest BCUT2D eigenvalue weighted by Crippen LogP contribution is -2.22. The Morgan fingerprint density at radius 3 is 2.08 bits per heavy atom. The Balaban J connectivity index is 1.90. The molecule has 3 N–H and O–H groups in total. The van der Waals surface area contributed by atoms with Crippen molar-refractivity contribution < 1.29 is 19.4 Å². The fraction of sp³-hybridized carbons (Fsp3) is 0.0476. The van der Waals surface area contributed by atoms with E-state index >= 15 is 0 Å². The number of benzene rings is 3. The molecule has 0 aliphatic heterocycles. The van der Waals surface area contributed by atoms with Crippen LogP contribution in [0.25, 0.3) is 0 Å². The van der Waals surface area contributed by atoms with Gasteiger partial charge in [-0.15, -0.1) is 0 Å². The highest BCUT2D eigenvalue weighted by Crippen LogP contribution is 2.42. The van der Waals surface area contributed by atoms with E-state index < -0.39 is 11.6 Å². The van der Waals surface area contributed by atoms with Crippen LogP contribution in [0.1, 0.15) is 37.4 Å². The third kappa shape index (κ3) is 2.25. The maximum absolute atomic E-state index is 12.9. The van der Waals surface area contributed by atoms with E-state index in [1.54, 1.807) is 30.3 Å². The van der Waals surface area contributed by atoms with Gasteiger partial charge in [-0.3, -0.25) is 9.59 Å². The number of anilines is 1. The second-order valence-corrected chi connectivity index (χ2v) is 6.13. The van der Waals surface area contributed by atoms with Gasteiger partial charge in [0.25, 0.3) is 0 Å². The van der Waals surface area contributed by atoms with Crippen LogP contribution in [0, 0.1) is 6.92 Å². The van der Waals surface area contributed by atoms with Crippen molar-refractivity contribution in [3.63, 3.8) is 0 Å². The molecule has 0 atom stereocenters. The number of nitrogen functional groups attached to an aromatic ring is 1. The van der Waals surface area contributed by atoms with E-state index in [9.17, 15) is 14.7 Å². The highest BCUT2D eigenvalue weighted by Gasteiger charge is 2.35. The van der Waals surface area contributed by atoms with E-state index in [0.717, 1.165) is 5.56 Å². The summed E-state index contributed by atoms with van der Waals surface area (Å²) < 4.78 is 5.81. The number of aryl methyl sites for hydroxylation is 1. The van der Waals surface area contributed by atoms with Crippen LogP contribution in [-0.4, -0.2) is 16.7 Å². The van der Waals surface area contributed by atoms with Gasteiger partial charge < -0.3 is 15.6 Å². The molecule has 4 rings (SSSR count). The van der Waals surface area contributed by atoms with Crippen molar-refractivity contribution in [1.82, 2.24) is 0 Å². The molecule has 1 aliphatic rings. The fourth-order valence-electron chi connectivity index (χ4n) is 3.15. The predicted octanol–water partition coefficient (Wildman–Crippen LogP) is 3.85. The van der Waals surface area contributed by atoms with Crippen molar-refractivity contribution in [2.45, 2.75) is 6.92 Å². The zero-order valence-corrected chi connectivity index (χ0v) is 13.9. The number of rotatable bonds is 2. The summed E-state index contributed by atoms with van der Waals surface area (Å²) >= 11 is 0. The summed E-state index contributed by atoms with van der Waals surface area (Å²) in [5.74, 6) is -0.477. The van der Waals surface area contributed by atoms with Crippen LogP contribution in [0.5, 0.6) is 17.2 Å². The molecule has 1 aliphatic carbocycles. The molecular formula is C21H15NO4. The lowest BCUT2D eigenvalue weighted by atomic mass is 9.82. The Morgan fingerprint density at radius 1 is 0.846 bits per heavy atom. The first-order valence-corrected chi connectivity index (χ1v) is 8.06. The van der Waals surface area contributed by atoms with Crippen molar-refractivity contribution in [3.8, 4) is 17.2 Å². The number of hydrogen-bond acceptors (Lipinski definition) is 5. The van der Waals surface area contributed by atoms with Crippen molar-refractivity contribution >= 4 is 17.3 Å². The SMILES string of the molecule is Cc1ccccc1Oc1cc(O)c2c(c1N)C(=O)c1ccccc1C2=O. The zero-order valence-electron chi connectivity index (χ0n) is 13.9. The maximum Gasteiger partial charge on any atom is 0.198 e. The van der Waals surface area contributed by atoms with E-state index in [2.05, 4.69) is 0 Å². The van der Waals surface area contributed by atoms with Crippen LogP contribution in [-0.2, 0) is 0 Å². The highest BCUT2D eigenvalue weighted by molar-refractivity contribution is 6.31. The molecular weight excluding hydrogens is 330 g/mol. The molecule has 0 unspecified atom stereocenters. The zero-order chi connectivity index (χ0) is 18.4. The van der Waals surface area contributed by atoms with Crippen LogP contribution in [0.2, 0.25) is 0 Å². The van der Waals surface area contributed by atoms with Crippen LogP contribution in [0.15, 0.2) is 54.6 Å². The summed E-state index contributed by atoms with van der Waals surface area (Å²) in [4.78, 5) is 25.6. The van der Waals surface area contributed by atoms with Gasteiger partial charge in [-0.25, -0.2) is 0 Å². The molecule has 0 aromatic heterocycles. The van der Waals surface area contributed by atoms with Gasteiger partial charge in [0.05, 0.1) is 16.8 Å². The topological polar surface area (TPSA) is 89.6 Å². The minimum absolute atomic E-state index is 0.0164. The van der Waals surface area contributed by atoms with Gasteiger partial charge in [-0.1, -0.05) is 42.5 Å². The standard InChI is InChI=1S/C21H15NO4/c1-11-6-2-5-9-15(11)26-16-10-14(23)17-18(19(16)22)21(25)13-8-4-3-7-12(13)20(17)24/h2-10,23H,22H2,1H3. The van der Waals surface area contributed by atoms with Gasteiger partial charge in [-0.05, 0) is 18.6 Å². The third-order valence-electron chi connectivity index (χ3n) is 4.49. The number of aromatic hydroxyl groups is 1. The molecule has 0 heterocycles. The Morgan fingerprint density at radius 2 is 1.42 bits per heavy atom. The van der Waals surface area contributed by atoms with Crippen molar-refractivity contribution in [2.24, 2.45) is 0 Å². The Kier molecular flexibility index (Phi) is 3.51. The average molecular weight is 345 g/mol. The first-order chi connectivity index (χ1) is 12.5. The molecule has 0 fully saturated rings. The largest absolute Gasteiger partial charge is 0.507 e. The molecule has 5 nitrogen and oxygen atoms in total. The molecule has 3 aromatic rings. The van der Waals surface area contributed by atoms with E-state index in [1.165, 1.54) is 6.07 Å². The fourth-order valence-corrected chi connectivity index (χ4v) is 3.15. The van der Waals surface area contributed by atoms with E-state index in [1.807, 2.05) is 25.1 Å². The number of carbonyl (C=O) groups is 2. The highest BCUT2D eigenvalue weighted by atomic mass is 16.5. The van der Waals surface area contributed by atoms with Gasteiger partial charge in [0, 0.05) is 17.2 Å². The lowest BCUT2D eigenvalue weighted by molar-refractivity contribution is 0.0977. The van der Waals surface area contributed by atoms with Gasteiger partial charge >= 0.3 is 0 Å². The Labute approximate surface area is 149 Å². The minimum Gasteiger partial charge on any atom is -0.507 e. The smallest absolute Gasteiger partial charge is 0.198 e. The maximum atomic E-state index is 12.9. The molecule has 0 saturated carbocycles. The lowest BCUT2D eigenvalue weighted by Gasteiger charge is -2.22. The monoisotopic (exact) mass is 345 g/mol. The number of hydrogen-bond donors (Lipinski definition) is 2. The molecule has 0 saturated heterocycles. The molecule has 3 aromatic carbocycles. The molecule has 0 bridgehead atoms. The summed E-state index contributed by atoms with van der Waals surface area (Å²) in [6.45, 7) is 1.87. The molecule has 128 valence electrons. The number of phenolic OH excluding ortho intramolecular Hbond substituents is 1. The van der Waals surface area contributed by atoms with Crippen molar-refractivity contribution in [3.05, 3.63) is 82.4 Å². The Hall–Kier alpha value is -3.60. The summed E-state index contributed by atoms with van der Waals surface area (Å²) in [6, 6.07) is 15.1. The summed E-state index contributed by atoms with van der Waals surface area (Å²) in [5.41, 5.74) is 7.51. The first-order valence-electron chi connectivity index (χ1n) is 8.06. The molecule has 0 amide bonds. The van der Waals surface area contributed by atoms with E-state index in [-0.39, 0.29) is 39.4 Å². The van der Waals surface area contributed by atoms with Crippen LogP contribution in [0.4, 0.5) is 5.69 Å². The number of fused-ring (bicyclic) bond motifs is 2. The molecule has 5 heteroatoms. The van der Waals surface area contributed by atoms with Gasteiger partial charge in [-0.2, -0.15) is 0 Å². The first kappa shape index (κ1) is 15.9. The second-order valence-electron chi connectivity index (χ2n) is 6.13. The number of para-hydroxylation sites is 1. The second kappa shape index (κ2) is 5.74.